The molecule has 19 heavy (non-hydrogen) atoms. The van der Waals surface area contributed by atoms with Crippen molar-refractivity contribution >= 4 is 0 Å². The second-order valence-corrected chi connectivity index (χ2v) is 4.83. The third-order valence-corrected chi connectivity index (χ3v) is 3.42. The second kappa shape index (κ2) is 6.53. The Hall–Kier alpha value is -1.61. The molecule has 0 amide bonds. The van der Waals surface area contributed by atoms with Crippen LogP contribution in [-0.4, -0.2) is 16.3 Å². The minimum absolute atomic E-state index is 0.921. The van der Waals surface area contributed by atoms with Crippen LogP contribution in [0.5, 0.6) is 0 Å². The Morgan fingerprint density at radius 2 is 1.89 bits per heavy atom. The highest BCUT2D eigenvalue weighted by molar-refractivity contribution is 5.65. The van der Waals surface area contributed by atoms with Gasteiger partial charge in [-0.3, -0.25) is 4.68 Å². The second-order valence-electron chi connectivity index (χ2n) is 4.83. The average molecular weight is 257 g/mol. The summed E-state index contributed by atoms with van der Waals surface area (Å²) >= 11 is 0. The fraction of sp³-hybridized carbons (Fsp3) is 0.438. The summed E-state index contributed by atoms with van der Waals surface area (Å²) in [4.78, 5) is 0. The SMILES string of the molecule is CCCNCc1ccc(-c2cnn(CC)c2C)cc1. The number of benzene rings is 1. The molecule has 102 valence electrons. The zero-order valence-corrected chi connectivity index (χ0v) is 12.1. The Labute approximate surface area is 115 Å². The summed E-state index contributed by atoms with van der Waals surface area (Å²) in [5.41, 5.74) is 5.04. The van der Waals surface area contributed by atoms with E-state index in [9.17, 15) is 0 Å². The summed E-state index contributed by atoms with van der Waals surface area (Å²) in [5, 5.41) is 7.82. The highest BCUT2D eigenvalue weighted by atomic mass is 15.3. The number of aryl methyl sites for hydroxylation is 1. The van der Waals surface area contributed by atoms with Crippen molar-refractivity contribution in [1.82, 2.24) is 15.1 Å². The molecule has 2 rings (SSSR count). The van der Waals surface area contributed by atoms with Gasteiger partial charge in [-0.05, 0) is 37.9 Å². The number of hydrogen-bond donors (Lipinski definition) is 1. The number of aromatic nitrogens is 2. The molecule has 1 N–H and O–H groups in total. The van der Waals surface area contributed by atoms with Gasteiger partial charge in [-0.1, -0.05) is 31.2 Å². The highest BCUT2D eigenvalue weighted by Gasteiger charge is 2.07. The summed E-state index contributed by atoms with van der Waals surface area (Å²) in [7, 11) is 0. The van der Waals surface area contributed by atoms with Crippen LogP contribution in [0.25, 0.3) is 11.1 Å². The smallest absolute Gasteiger partial charge is 0.0571 e. The van der Waals surface area contributed by atoms with Gasteiger partial charge in [0.15, 0.2) is 0 Å². The van der Waals surface area contributed by atoms with Crippen molar-refractivity contribution in [3.05, 3.63) is 41.7 Å². The summed E-state index contributed by atoms with van der Waals surface area (Å²) in [6.07, 6.45) is 3.14. The van der Waals surface area contributed by atoms with Crippen molar-refractivity contribution in [3.8, 4) is 11.1 Å². The van der Waals surface area contributed by atoms with E-state index in [0.717, 1.165) is 19.6 Å². The zero-order valence-electron chi connectivity index (χ0n) is 12.1. The predicted octanol–water partition coefficient (Wildman–Crippen LogP) is 3.38. The van der Waals surface area contributed by atoms with Crippen molar-refractivity contribution in [2.45, 2.75) is 40.3 Å². The Morgan fingerprint density at radius 1 is 1.16 bits per heavy atom. The lowest BCUT2D eigenvalue weighted by atomic mass is 10.0. The lowest BCUT2D eigenvalue weighted by Crippen LogP contribution is -2.13. The summed E-state index contributed by atoms with van der Waals surface area (Å²) in [5.74, 6) is 0. The molecule has 0 atom stereocenters. The molecule has 1 heterocycles. The Kier molecular flexibility index (Phi) is 4.74. The Morgan fingerprint density at radius 3 is 2.47 bits per heavy atom. The summed E-state index contributed by atoms with van der Waals surface area (Å²) in [6.45, 7) is 9.37. The van der Waals surface area contributed by atoms with Crippen LogP contribution in [0.4, 0.5) is 0 Å². The van der Waals surface area contributed by atoms with Crippen LogP contribution in [0.3, 0.4) is 0 Å². The molecule has 0 saturated carbocycles. The van der Waals surface area contributed by atoms with Gasteiger partial charge in [-0.25, -0.2) is 0 Å². The van der Waals surface area contributed by atoms with E-state index >= 15 is 0 Å². The molecular formula is C16H23N3. The standard InChI is InChI=1S/C16H23N3/c1-4-10-17-11-14-6-8-15(9-7-14)16-12-18-19(5-2)13(16)3/h6-9,12,17H,4-5,10-11H2,1-3H3. The van der Waals surface area contributed by atoms with Crippen LogP contribution in [-0.2, 0) is 13.1 Å². The minimum atomic E-state index is 0.921. The van der Waals surface area contributed by atoms with Crippen molar-refractivity contribution in [1.29, 1.82) is 0 Å². The van der Waals surface area contributed by atoms with Crippen LogP contribution in [0.2, 0.25) is 0 Å². The number of nitrogens with zero attached hydrogens (tertiary/aromatic N) is 2. The molecule has 0 bridgehead atoms. The van der Waals surface area contributed by atoms with Gasteiger partial charge in [0, 0.05) is 24.3 Å². The third kappa shape index (κ3) is 3.24. The van der Waals surface area contributed by atoms with Gasteiger partial charge in [0.05, 0.1) is 6.20 Å². The van der Waals surface area contributed by atoms with Crippen LogP contribution < -0.4 is 5.32 Å². The maximum Gasteiger partial charge on any atom is 0.0571 e. The molecule has 0 fully saturated rings. The largest absolute Gasteiger partial charge is 0.313 e. The lowest BCUT2D eigenvalue weighted by molar-refractivity contribution is 0.640. The van der Waals surface area contributed by atoms with E-state index in [1.807, 2.05) is 10.9 Å². The average Bonchev–Trinajstić information content (AvgIpc) is 2.81. The van der Waals surface area contributed by atoms with Crippen LogP contribution >= 0.6 is 0 Å². The van der Waals surface area contributed by atoms with Crippen LogP contribution in [0, 0.1) is 6.92 Å². The maximum absolute atomic E-state index is 4.40. The first-order valence-electron chi connectivity index (χ1n) is 7.08. The lowest BCUT2D eigenvalue weighted by Gasteiger charge is -2.06. The Bertz CT molecular complexity index is 511. The molecule has 1 aromatic carbocycles. The fourth-order valence-electron chi connectivity index (χ4n) is 2.26. The predicted molar refractivity (Wildman–Crippen MR) is 80.1 cm³/mol. The first-order valence-corrected chi connectivity index (χ1v) is 7.08. The number of hydrogen-bond acceptors (Lipinski definition) is 2. The van der Waals surface area contributed by atoms with E-state index < -0.39 is 0 Å². The quantitative estimate of drug-likeness (QED) is 0.804. The van der Waals surface area contributed by atoms with E-state index in [-0.39, 0.29) is 0 Å². The molecule has 3 heteroatoms. The van der Waals surface area contributed by atoms with E-state index in [2.05, 4.69) is 55.5 Å². The van der Waals surface area contributed by atoms with Crippen molar-refractivity contribution in [2.24, 2.45) is 0 Å². The van der Waals surface area contributed by atoms with E-state index in [1.54, 1.807) is 0 Å². The zero-order chi connectivity index (χ0) is 13.7. The van der Waals surface area contributed by atoms with Gasteiger partial charge in [-0.15, -0.1) is 0 Å². The molecule has 2 aromatic rings. The molecule has 3 nitrogen and oxygen atoms in total. The van der Waals surface area contributed by atoms with Gasteiger partial charge in [0.1, 0.15) is 0 Å². The van der Waals surface area contributed by atoms with Gasteiger partial charge in [0.2, 0.25) is 0 Å². The maximum atomic E-state index is 4.40. The van der Waals surface area contributed by atoms with Gasteiger partial charge >= 0.3 is 0 Å². The first-order chi connectivity index (χ1) is 9.26. The van der Waals surface area contributed by atoms with Gasteiger partial charge < -0.3 is 5.32 Å². The van der Waals surface area contributed by atoms with Crippen LogP contribution in [0.15, 0.2) is 30.5 Å². The topological polar surface area (TPSA) is 29.9 Å². The summed E-state index contributed by atoms with van der Waals surface area (Å²) < 4.78 is 2.03. The van der Waals surface area contributed by atoms with Crippen molar-refractivity contribution < 1.29 is 0 Å². The number of nitrogens with one attached hydrogen (secondary N) is 1. The van der Waals surface area contributed by atoms with Crippen LogP contribution in [0.1, 0.15) is 31.5 Å². The third-order valence-electron chi connectivity index (χ3n) is 3.42. The molecule has 1 aromatic heterocycles. The monoisotopic (exact) mass is 257 g/mol. The molecule has 0 aliphatic carbocycles. The molecule has 0 spiro atoms. The molecule has 0 radical (unpaired) electrons. The summed E-state index contributed by atoms with van der Waals surface area (Å²) in [6, 6.07) is 8.77. The fourth-order valence-corrected chi connectivity index (χ4v) is 2.26. The number of rotatable bonds is 6. The molecule has 0 saturated heterocycles. The Balaban J connectivity index is 2.11. The molecule has 0 aliphatic rings. The minimum Gasteiger partial charge on any atom is -0.313 e. The molecular weight excluding hydrogens is 234 g/mol. The van der Waals surface area contributed by atoms with E-state index in [0.29, 0.717) is 0 Å². The van der Waals surface area contributed by atoms with Crippen molar-refractivity contribution in [2.75, 3.05) is 6.54 Å². The van der Waals surface area contributed by atoms with Crippen molar-refractivity contribution in [3.63, 3.8) is 0 Å². The first kappa shape index (κ1) is 13.8. The van der Waals surface area contributed by atoms with Gasteiger partial charge in [0.25, 0.3) is 0 Å². The van der Waals surface area contributed by atoms with E-state index in [4.69, 9.17) is 0 Å². The van der Waals surface area contributed by atoms with E-state index in [1.165, 1.54) is 28.8 Å². The molecule has 0 aliphatic heterocycles. The van der Waals surface area contributed by atoms with Gasteiger partial charge in [-0.2, -0.15) is 5.10 Å². The molecule has 0 unspecified atom stereocenters. The highest BCUT2D eigenvalue weighted by Crippen LogP contribution is 2.23. The normalized spacial score (nSPS) is 10.9.